The van der Waals surface area contributed by atoms with E-state index in [9.17, 15) is 5.11 Å². The molecule has 1 fully saturated rings. The van der Waals surface area contributed by atoms with E-state index in [1.807, 2.05) is 18.2 Å². The smallest absolute Gasteiger partial charge is 0.0645 e. The van der Waals surface area contributed by atoms with Crippen LogP contribution in [0.5, 0.6) is 0 Å². The average molecular weight is 487 g/mol. The molecule has 1 aliphatic heterocycles. The van der Waals surface area contributed by atoms with E-state index in [0.29, 0.717) is 6.42 Å². The van der Waals surface area contributed by atoms with Crippen molar-refractivity contribution in [2.45, 2.75) is 30.5 Å². The number of rotatable bonds is 3. The van der Waals surface area contributed by atoms with E-state index in [2.05, 4.69) is 97.8 Å². The lowest BCUT2D eigenvalue weighted by Gasteiger charge is -2.42. The van der Waals surface area contributed by atoms with Crippen molar-refractivity contribution in [1.82, 2.24) is 5.32 Å². The second-order valence-electron chi connectivity index (χ2n) is 7.04. The minimum Gasteiger partial charge on any atom is -0.392 e. The average Bonchev–Trinajstić information content (AvgIpc) is 2.69. The fraction of sp³-hybridized carbons (Fsp3) is 0.217. The van der Waals surface area contributed by atoms with Crippen molar-refractivity contribution in [3.8, 4) is 0 Å². The lowest BCUT2D eigenvalue weighted by Crippen LogP contribution is -2.43. The number of piperidine rings is 1. The number of benzene rings is 3. The molecule has 4 rings (SSSR count). The van der Waals surface area contributed by atoms with Crippen molar-refractivity contribution in [3.63, 3.8) is 0 Å². The molecule has 0 saturated carbocycles. The van der Waals surface area contributed by atoms with Crippen molar-refractivity contribution in [2.75, 3.05) is 0 Å². The zero-order valence-corrected chi connectivity index (χ0v) is 17.9. The minimum atomic E-state index is -0.420. The second-order valence-corrected chi connectivity index (χ2v) is 8.87. The third-order valence-corrected chi connectivity index (χ3v) is 6.37. The Labute approximate surface area is 176 Å². The summed E-state index contributed by atoms with van der Waals surface area (Å²) in [5.41, 5.74) is 3.55. The van der Waals surface area contributed by atoms with E-state index in [1.54, 1.807) is 0 Å². The molecule has 0 aliphatic carbocycles. The van der Waals surface area contributed by atoms with Gasteiger partial charge in [0, 0.05) is 26.9 Å². The lowest BCUT2D eigenvalue weighted by molar-refractivity contribution is 0.0681. The monoisotopic (exact) mass is 485 g/mol. The molecule has 0 radical (unpaired) electrons. The van der Waals surface area contributed by atoms with Gasteiger partial charge in [-0.2, -0.15) is 0 Å². The minimum absolute atomic E-state index is 0.0130. The summed E-state index contributed by atoms with van der Waals surface area (Å²) in [6, 6.07) is 27.2. The van der Waals surface area contributed by atoms with Crippen LogP contribution < -0.4 is 5.32 Å². The lowest BCUT2D eigenvalue weighted by atomic mass is 9.76. The Morgan fingerprint density at radius 3 is 1.85 bits per heavy atom. The number of hydrogen-bond acceptors (Lipinski definition) is 2. The van der Waals surface area contributed by atoms with E-state index in [0.717, 1.165) is 8.95 Å². The molecule has 27 heavy (non-hydrogen) atoms. The fourth-order valence-electron chi connectivity index (χ4n) is 3.99. The topological polar surface area (TPSA) is 32.3 Å². The molecule has 138 valence electrons. The Morgan fingerprint density at radius 2 is 1.26 bits per heavy atom. The van der Waals surface area contributed by atoms with Gasteiger partial charge in [0.1, 0.15) is 0 Å². The first-order valence-corrected chi connectivity index (χ1v) is 10.7. The molecule has 0 amide bonds. The van der Waals surface area contributed by atoms with Crippen molar-refractivity contribution < 1.29 is 5.11 Å². The molecule has 4 atom stereocenters. The Balaban J connectivity index is 1.71. The Bertz CT molecular complexity index is 881. The van der Waals surface area contributed by atoms with Crippen LogP contribution in [0.3, 0.4) is 0 Å². The number of aliphatic hydroxyl groups excluding tert-OH is 1. The third kappa shape index (κ3) is 4.19. The molecule has 0 spiro atoms. The zero-order chi connectivity index (χ0) is 18.8. The summed E-state index contributed by atoms with van der Waals surface area (Å²) in [6.07, 6.45) is 0.268. The predicted molar refractivity (Wildman–Crippen MR) is 117 cm³/mol. The molecule has 3 aromatic rings. The van der Waals surface area contributed by atoms with Gasteiger partial charge >= 0.3 is 0 Å². The maximum Gasteiger partial charge on any atom is 0.0645 e. The van der Waals surface area contributed by atoms with Gasteiger partial charge in [-0.05, 0) is 47.4 Å². The molecule has 1 saturated heterocycles. The van der Waals surface area contributed by atoms with E-state index >= 15 is 0 Å². The maximum atomic E-state index is 11.1. The van der Waals surface area contributed by atoms with Gasteiger partial charge in [-0.15, -0.1) is 0 Å². The van der Waals surface area contributed by atoms with Crippen molar-refractivity contribution >= 4 is 31.9 Å². The second kappa shape index (κ2) is 8.27. The first-order chi connectivity index (χ1) is 13.1. The number of halogens is 2. The number of nitrogens with one attached hydrogen (secondary N) is 1. The molecule has 0 bridgehead atoms. The predicted octanol–water partition coefficient (Wildman–Crippen LogP) is 6.13. The summed E-state index contributed by atoms with van der Waals surface area (Å²) in [4.78, 5) is 0. The van der Waals surface area contributed by atoms with Gasteiger partial charge in [0.05, 0.1) is 6.10 Å². The Morgan fingerprint density at radius 1 is 0.704 bits per heavy atom. The highest BCUT2D eigenvalue weighted by Gasteiger charge is 2.38. The van der Waals surface area contributed by atoms with Gasteiger partial charge in [0.15, 0.2) is 0 Å². The van der Waals surface area contributed by atoms with E-state index < -0.39 is 6.10 Å². The largest absolute Gasteiger partial charge is 0.392 e. The Kier molecular flexibility index (Phi) is 5.79. The summed E-state index contributed by atoms with van der Waals surface area (Å²) in [5, 5.41) is 14.9. The molecule has 3 aromatic carbocycles. The summed E-state index contributed by atoms with van der Waals surface area (Å²) in [6.45, 7) is 0. The molecule has 1 aliphatic rings. The normalized spacial score (nSPS) is 25.3. The van der Waals surface area contributed by atoms with Crippen molar-refractivity contribution in [2.24, 2.45) is 0 Å². The van der Waals surface area contributed by atoms with E-state index in [1.165, 1.54) is 16.7 Å². The number of aliphatic hydroxyl groups is 1. The molecular weight excluding hydrogens is 466 g/mol. The molecule has 0 aromatic heterocycles. The van der Waals surface area contributed by atoms with Crippen LogP contribution in [0.4, 0.5) is 0 Å². The van der Waals surface area contributed by atoms with Gasteiger partial charge < -0.3 is 10.4 Å². The number of hydrogen-bond donors (Lipinski definition) is 2. The van der Waals surface area contributed by atoms with Crippen LogP contribution >= 0.6 is 31.9 Å². The first kappa shape index (κ1) is 18.9. The van der Waals surface area contributed by atoms with Crippen LogP contribution in [0.1, 0.15) is 41.1 Å². The highest BCUT2D eigenvalue weighted by Crippen LogP contribution is 2.43. The van der Waals surface area contributed by atoms with E-state index in [-0.39, 0.29) is 18.0 Å². The van der Waals surface area contributed by atoms with Crippen LogP contribution in [-0.2, 0) is 0 Å². The Hall–Kier alpha value is -1.46. The molecule has 0 unspecified atom stereocenters. The van der Waals surface area contributed by atoms with Gasteiger partial charge in [-0.1, -0.05) is 86.5 Å². The van der Waals surface area contributed by atoms with Gasteiger partial charge in [-0.25, -0.2) is 0 Å². The molecule has 2 N–H and O–H groups in total. The molecule has 2 nitrogen and oxygen atoms in total. The third-order valence-electron chi connectivity index (χ3n) is 5.32. The van der Waals surface area contributed by atoms with Crippen LogP contribution in [0.25, 0.3) is 0 Å². The van der Waals surface area contributed by atoms with Gasteiger partial charge in [0.2, 0.25) is 0 Å². The summed E-state index contributed by atoms with van der Waals surface area (Å²) in [5.74, 6) is 0.0130. The van der Waals surface area contributed by atoms with Gasteiger partial charge in [0.25, 0.3) is 0 Å². The SMILES string of the molecule is O[C@@H]1C[C@H](c2ccc(Br)cc2)N[C@H](c2ccc(Br)cc2)[C@@H]1c1ccccc1. The van der Waals surface area contributed by atoms with Crippen LogP contribution in [0, 0.1) is 0 Å². The maximum absolute atomic E-state index is 11.1. The molecule has 4 heteroatoms. The molecule has 1 heterocycles. The van der Waals surface area contributed by atoms with Gasteiger partial charge in [-0.3, -0.25) is 0 Å². The summed E-state index contributed by atoms with van der Waals surface area (Å²) in [7, 11) is 0. The zero-order valence-electron chi connectivity index (χ0n) is 14.7. The summed E-state index contributed by atoms with van der Waals surface area (Å²) >= 11 is 7.03. The fourth-order valence-corrected chi connectivity index (χ4v) is 4.52. The van der Waals surface area contributed by atoms with Crippen LogP contribution in [-0.4, -0.2) is 11.2 Å². The summed E-state index contributed by atoms with van der Waals surface area (Å²) < 4.78 is 2.12. The van der Waals surface area contributed by atoms with Crippen molar-refractivity contribution in [3.05, 3.63) is 104 Å². The van der Waals surface area contributed by atoms with Crippen LogP contribution in [0.2, 0.25) is 0 Å². The van der Waals surface area contributed by atoms with E-state index in [4.69, 9.17) is 0 Å². The highest BCUT2D eigenvalue weighted by atomic mass is 79.9. The quantitative estimate of drug-likeness (QED) is 0.466. The highest BCUT2D eigenvalue weighted by molar-refractivity contribution is 9.10. The first-order valence-electron chi connectivity index (χ1n) is 9.12. The standard InChI is InChI=1S/C23H21Br2NO/c24-18-10-6-15(7-11-18)20-14-21(27)22(16-4-2-1-3-5-16)23(26-20)17-8-12-19(25)13-9-17/h1-13,20-23,26-27H,14H2/t20-,21-,22-,23-/m1/s1. The van der Waals surface area contributed by atoms with Crippen LogP contribution in [0.15, 0.2) is 87.8 Å². The van der Waals surface area contributed by atoms with Crippen molar-refractivity contribution in [1.29, 1.82) is 0 Å². The molecular formula is C23H21Br2NO.